The molecule has 1 fully saturated rings. The average Bonchev–Trinajstić information content (AvgIpc) is 3.18. The maximum absolute atomic E-state index is 4.73. The predicted octanol–water partition coefficient (Wildman–Crippen LogP) is 4.66. The van der Waals surface area contributed by atoms with E-state index in [-0.39, 0.29) is 0 Å². The number of aromatic nitrogens is 1. The first-order chi connectivity index (χ1) is 14.3. The van der Waals surface area contributed by atoms with Crippen molar-refractivity contribution in [3.8, 4) is 0 Å². The molecule has 1 N–H and O–H groups in total. The molecule has 1 atom stereocenters. The van der Waals surface area contributed by atoms with Crippen LogP contribution in [0.3, 0.4) is 0 Å². The highest BCUT2D eigenvalue weighted by Crippen LogP contribution is 2.30. The third-order valence-electron chi connectivity index (χ3n) is 6.35. The van der Waals surface area contributed by atoms with E-state index < -0.39 is 0 Å². The van der Waals surface area contributed by atoms with Crippen molar-refractivity contribution in [2.75, 3.05) is 49.5 Å². The molecule has 1 aromatic heterocycles. The van der Waals surface area contributed by atoms with Crippen LogP contribution in [0.25, 0.3) is 10.1 Å². The molecule has 0 saturated carbocycles. The summed E-state index contributed by atoms with van der Waals surface area (Å²) < 4.78 is 6.02. The van der Waals surface area contributed by atoms with Crippen LogP contribution in [0.4, 0.5) is 11.5 Å². The van der Waals surface area contributed by atoms with E-state index in [0.29, 0.717) is 0 Å². The van der Waals surface area contributed by atoms with Gasteiger partial charge in [0.05, 0.1) is 4.70 Å². The third-order valence-corrected chi connectivity index (χ3v) is 7.17. The molecule has 152 valence electrons. The molecule has 5 rings (SSSR count). The largest absolute Gasteiger partial charge is 0.385 e. The Bertz CT molecular complexity index is 974. The number of nitrogens with zero attached hydrogens (tertiary/aromatic N) is 3. The lowest BCUT2D eigenvalue weighted by atomic mass is 9.93. The van der Waals surface area contributed by atoms with Gasteiger partial charge in [-0.3, -0.25) is 4.90 Å². The molecule has 2 aliphatic rings. The fraction of sp³-hybridized carbons (Fsp3) is 0.458. The fourth-order valence-electron chi connectivity index (χ4n) is 4.67. The van der Waals surface area contributed by atoms with Gasteiger partial charge in [0, 0.05) is 43.8 Å². The molecule has 2 aromatic carbocycles. The highest BCUT2D eigenvalue weighted by atomic mass is 32.1. The number of fused-ring (bicyclic) bond motifs is 2. The second kappa shape index (κ2) is 8.33. The summed E-state index contributed by atoms with van der Waals surface area (Å²) in [5.74, 6) is 1.92. The van der Waals surface area contributed by atoms with Gasteiger partial charge in [0.25, 0.3) is 0 Å². The molecule has 0 amide bonds. The van der Waals surface area contributed by atoms with Crippen LogP contribution >= 0.6 is 11.5 Å². The van der Waals surface area contributed by atoms with E-state index in [4.69, 9.17) is 4.37 Å². The highest BCUT2D eigenvalue weighted by Gasteiger charge is 2.20. The van der Waals surface area contributed by atoms with Crippen LogP contribution < -0.4 is 10.2 Å². The third kappa shape index (κ3) is 4.12. The lowest BCUT2D eigenvalue weighted by Crippen LogP contribution is -2.46. The fourth-order valence-corrected chi connectivity index (χ4v) is 5.46. The Morgan fingerprint density at radius 2 is 1.97 bits per heavy atom. The maximum atomic E-state index is 4.73. The van der Waals surface area contributed by atoms with E-state index in [0.717, 1.165) is 38.6 Å². The SMILES string of the molecule is CC1CNc2ccc(CCCN3CCN(c4nsc5ccccc45)CC3)cc2C1. The van der Waals surface area contributed by atoms with Crippen LogP contribution in [-0.4, -0.2) is 48.5 Å². The van der Waals surface area contributed by atoms with E-state index in [1.807, 2.05) is 0 Å². The first kappa shape index (κ1) is 18.9. The Hall–Kier alpha value is -2.11. The predicted molar refractivity (Wildman–Crippen MR) is 124 cm³/mol. The monoisotopic (exact) mass is 406 g/mol. The van der Waals surface area contributed by atoms with Gasteiger partial charge < -0.3 is 10.2 Å². The zero-order chi connectivity index (χ0) is 19.6. The normalized spacial score (nSPS) is 19.9. The number of hydrogen-bond donors (Lipinski definition) is 1. The average molecular weight is 407 g/mol. The number of piperazine rings is 1. The summed E-state index contributed by atoms with van der Waals surface area (Å²) in [5.41, 5.74) is 4.34. The molecule has 4 nitrogen and oxygen atoms in total. The van der Waals surface area contributed by atoms with Crippen LogP contribution in [0.1, 0.15) is 24.5 Å². The van der Waals surface area contributed by atoms with E-state index in [1.165, 1.54) is 58.5 Å². The van der Waals surface area contributed by atoms with Crippen LogP contribution in [-0.2, 0) is 12.8 Å². The molecule has 29 heavy (non-hydrogen) atoms. The van der Waals surface area contributed by atoms with E-state index in [1.54, 1.807) is 11.5 Å². The van der Waals surface area contributed by atoms with Crippen molar-refractivity contribution in [1.29, 1.82) is 0 Å². The quantitative estimate of drug-likeness (QED) is 0.668. The van der Waals surface area contributed by atoms with Crippen molar-refractivity contribution in [2.45, 2.75) is 26.2 Å². The maximum Gasteiger partial charge on any atom is 0.150 e. The molecule has 2 aliphatic heterocycles. The van der Waals surface area contributed by atoms with E-state index in [9.17, 15) is 0 Å². The number of hydrogen-bond acceptors (Lipinski definition) is 5. The molecule has 5 heteroatoms. The Morgan fingerprint density at radius 3 is 2.86 bits per heavy atom. The molecule has 0 bridgehead atoms. The van der Waals surface area contributed by atoms with Gasteiger partial charge in [-0.2, -0.15) is 4.37 Å². The second-order valence-corrected chi connectivity index (χ2v) is 9.42. The summed E-state index contributed by atoms with van der Waals surface area (Å²) in [7, 11) is 0. The van der Waals surface area contributed by atoms with Crippen molar-refractivity contribution >= 4 is 33.1 Å². The lowest BCUT2D eigenvalue weighted by Gasteiger charge is -2.35. The molecule has 0 spiro atoms. The summed E-state index contributed by atoms with van der Waals surface area (Å²) in [6.45, 7) is 9.06. The first-order valence-electron chi connectivity index (χ1n) is 10.9. The van der Waals surface area contributed by atoms with Crippen molar-refractivity contribution in [3.05, 3.63) is 53.6 Å². The molecule has 0 aliphatic carbocycles. The summed E-state index contributed by atoms with van der Waals surface area (Å²) >= 11 is 1.62. The van der Waals surface area contributed by atoms with Gasteiger partial charge in [-0.15, -0.1) is 0 Å². The highest BCUT2D eigenvalue weighted by molar-refractivity contribution is 7.13. The molecule has 1 unspecified atom stereocenters. The number of anilines is 2. The van der Waals surface area contributed by atoms with Gasteiger partial charge >= 0.3 is 0 Å². The van der Waals surface area contributed by atoms with Gasteiger partial charge in [-0.25, -0.2) is 0 Å². The zero-order valence-electron chi connectivity index (χ0n) is 17.2. The molecular formula is C24H30N4S. The minimum absolute atomic E-state index is 0.740. The minimum Gasteiger partial charge on any atom is -0.385 e. The Balaban J connectivity index is 1.12. The van der Waals surface area contributed by atoms with Crippen molar-refractivity contribution < 1.29 is 0 Å². The van der Waals surface area contributed by atoms with Gasteiger partial charge in [0.15, 0.2) is 0 Å². The minimum atomic E-state index is 0.740. The molecule has 3 heterocycles. The molecule has 1 saturated heterocycles. The van der Waals surface area contributed by atoms with Crippen molar-refractivity contribution in [1.82, 2.24) is 9.27 Å². The second-order valence-electron chi connectivity index (χ2n) is 8.62. The zero-order valence-corrected chi connectivity index (χ0v) is 18.0. The Labute approximate surface area is 177 Å². The Morgan fingerprint density at radius 1 is 1.10 bits per heavy atom. The van der Waals surface area contributed by atoms with Crippen LogP contribution in [0, 0.1) is 5.92 Å². The van der Waals surface area contributed by atoms with Gasteiger partial charge in [-0.05, 0) is 72.6 Å². The summed E-state index contributed by atoms with van der Waals surface area (Å²) in [5, 5.41) is 4.86. The Kier molecular flexibility index (Phi) is 5.42. The summed E-state index contributed by atoms with van der Waals surface area (Å²) in [6, 6.07) is 15.6. The van der Waals surface area contributed by atoms with Crippen LogP contribution in [0.2, 0.25) is 0 Å². The smallest absolute Gasteiger partial charge is 0.150 e. The number of nitrogens with one attached hydrogen (secondary N) is 1. The first-order valence-corrected chi connectivity index (χ1v) is 11.7. The number of benzene rings is 2. The number of aryl methyl sites for hydroxylation is 1. The van der Waals surface area contributed by atoms with Crippen LogP contribution in [0.15, 0.2) is 42.5 Å². The molecular weight excluding hydrogens is 376 g/mol. The molecule has 3 aromatic rings. The number of rotatable bonds is 5. The topological polar surface area (TPSA) is 31.4 Å². The summed E-state index contributed by atoms with van der Waals surface area (Å²) in [4.78, 5) is 5.08. The summed E-state index contributed by atoms with van der Waals surface area (Å²) in [6.07, 6.45) is 3.63. The van der Waals surface area contributed by atoms with Gasteiger partial charge in [0.1, 0.15) is 5.82 Å². The lowest BCUT2D eigenvalue weighted by molar-refractivity contribution is 0.255. The molecule has 0 radical (unpaired) electrons. The van der Waals surface area contributed by atoms with Crippen LogP contribution in [0.5, 0.6) is 0 Å². The van der Waals surface area contributed by atoms with E-state index >= 15 is 0 Å². The van der Waals surface area contributed by atoms with Crippen molar-refractivity contribution in [3.63, 3.8) is 0 Å². The van der Waals surface area contributed by atoms with Crippen molar-refractivity contribution in [2.24, 2.45) is 5.92 Å². The standard InChI is InChI=1S/C24H30N4S/c1-18-15-20-16-19(8-9-22(20)25-17-18)5-4-10-27-11-13-28(14-12-27)24-21-6-2-3-7-23(21)29-26-24/h2-3,6-9,16,18,25H,4-5,10-15,17H2,1H3. The van der Waals surface area contributed by atoms with E-state index in [2.05, 4.69) is 64.5 Å². The van der Waals surface area contributed by atoms with Gasteiger partial charge in [-0.1, -0.05) is 31.2 Å². The van der Waals surface area contributed by atoms with Gasteiger partial charge in [0.2, 0.25) is 0 Å².